The maximum Gasteiger partial charge on any atom is 0.417 e. The second kappa shape index (κ2) is 13.2. The van der Waals surface area contributed by atoms with Gasteiger partial charge in [0.05, 0.1) is 5.56 Å². The number of alkyl carbamates (subject to hydrolysis) is 1. The summed E-state index contributed by atoms with van der Waals surface area (Å²) in [7, 11) is 0. The molecule has 1 atom stereocenters. The predicted octanol–water partition coefficient (Wildman–Crippen LogP) is 6.12. The minimum absolute atomic E-state index is 0.0470. The van der Waals surface area contributed by atoms with E-state index in [2.05, 4.69) is 10.6 Å². The van der Waals surface area contributed by atoms with Gasteiger partial charge >= 0.3 is 17.9 Å². The van der Waals surface area contributed by atoms with Gasteiger partial charge in [-0.1, -0.05) is 38.5 Å². The van der Waals surface area contributed by atoms with E-state index in [1.807, 2.05) is 13.8 Å². The van der Waals surface area contributed by atoms with E-state index in [0.29, 0.717) is 24.7 Å². The van der Waals surface area contributed by atoms with E-state index in [0.717, 1.165) is 18.6 Å². The van der Waals surface area contributed by atoms with Gasteiger partial charge in [-0.05, 0) is 45.7 Å². The highest BCUT2D eigenvalue weighted by Gasteiger charge is 2.34. The number of carbonyl (C=O) groups is 3. The normalized spacial score (nSPS) is 12.9. The Morgan fingerprint density at radius 3 is 2.34 bits per heavy atom. The Balaban J connectivity index is 2.12. The SMILES string of the molecule is CC(C)C(=O)SCCCCC[C@H](NC(=O)OC(C)(C)C)C(=O)Nc1ccc2c(C(F)(F)F)cc(=O)oc2c1. The lowest BCUT2D eigenvalue weighted by Crippen LogP contribution is -2.45. The van der Waals surface area contributed by atoms with Crippen LogP contribution in [-0.2, 0) is 20.5 Å². The van der Waals surface area contributed by atoms with Crippen molar-refractivity contribution in [2.45, 2.75) is 78.1 Å². The van der Waals surface area contributed by atoms with Crippen molar-refractivity contribution in [3.8, 4) is 0 Å². The van der Waals surface area contributed by atoms with Crippen molar-refractivity contribution in [2.24, 2.45) is 5.92 Å². The Kier molecular flexibility index (Phi) is 10.8. The number of anilines is 1. The van der Waals surface area contributed by atoms with Crippen LogP contribution in [0.1, 0.15) is 65.9 Å². The van der Waals surface area contributed by atoms with Crippen molar-refractivity contribution in [2.75, 3.05) is 11.1 Å². The van der Waals surface area contributed by atoms with Crippen molar-refractivity contribution < 1.29 is 36.7 Å². The van der Waals surface area contributed by atoms with Crippen molar-refractivity contribution in [1.29, 1.82) is 0 Å². The molecule has 0 aliphatic heterocycles. The van der Waals surface area contributed by atoms with Crippen LogP contribution < -0.4 is 16.3 Å². The molecule has 1 aromatic heterocycles. The van der Waals surface area contributed by atoms with Crippen LogP contribution in [0.2, 0.25) is 0 Å². The van der Waals surface area contributed by atoms with E-state index in [4.69, 9.17) is 9.15 Å². The number of amides is 2. The van der Waals surface area contributed by atoms with Gasteiger partial charge in [0.25, 0.3) is 0 Å². The first kappa shape index (κ1) is 31.2. The maximum absolute atomic E-state index is 13.3. The van der Waals surface area contributed by atoms with Crippen LogP contribution in [0.4, 0.5) is 23.7 Å². The van der Waals surface area contributed by atoms with Gasteiger partial charge in [-0.2, -0.15) is 13.2 Å². The number of thioether (sulfide) groups is 1. The molecule has 0 bridgehead atoms. The summed E-state index contributed by atoms with van der Waals surface area (Å²) in [4.78, 5) is 48.7. The zero-order valence-electron chi connectivity index (χ0n) is 22.0. The molecule has 0 radical (unpaired) electrons. The van der Waals surface area contributed by atoms with Crippen LogP contribution in [0.15, 0.2) is 33.5 Å². The second-order valence-electron chi connectivity index (χ2n) is 10.0. The van der Waals surface area contributed by atoms with E-state index < -0.39 is 41.0 Å². The Morgan fingerprint density at radius 2 is 1.74 bits per heavy atom. The fourth-order valence-electron chi connectivity index (χ4n) is 3.39. The summed E-state index contributed by atoms with van der Waals surface area (Å²) in [6.07, 6.45) is -3.29. The van der Waals surface area contributed by atoms with Gasteiger partial charge in [-0.15, -0.1) is 0 Å². The van der Waals surface area contributed by atoms with Gasteiger partial charge in [0.1, 0.15) is 17.2 Å². The second-order valence-corrected chi connectivity index (χ2v) is 11.1. The molecule has 0 aliphatic rings. The van der Waals surface area contributed by atoms with Crippen molar-refractivity contribution in [1.82, 2.24) is 5.32 Å². The molecule has 2 amide bonds. The molecule has 0 unspecified atom stereocenters. The van der Waals surface area contributed by atoms with Crippen LogP contribution in [0, 0.1) is 5.92 Å². The molecule has 38 heavy (non-hydrogen) atoms. The molecule has 0 fully saturated rings. The number of rotatable bonds is 10. The third kappa shape index (κ3) is 10.0. The molecule has 2 rings (SSSR count). The fourth-order valence-corrected chi connectivity index (χ4v) is 4.27. The summed E-state index contributed by atoms with van der Waals surface area (Å²) in [6.45, 7) is 8.69. The molecule has 0 saturated heterocycles. The highest BCUT2D eigenvalue weighted by Crippen LogP contribution is 2.34. The molecule has 2 N–H and O–H groups in total. The number of benzene rings is 1. The van der Waals surface area contributed by atoms with Crippen LogP contribution in [0.5, 0.6) is 0 Å². The van der Waals surface area contributed by atoms with E-state index in [-0.39, 0.29) is 34.1 Å². The van der Waals surface area contributed by atoms with E-state index in [1.165, 1.54) is 17.8 Å². The van der Waals surface area contributed by atoms with E-state index >= 15 is 0 Å². The lowest BCUT2D eigenvalue weighted by atomic mass is 10.1. The van der Waals surface area contributed by atoms with Crippen molar-refractivity contribution >= 4 is 45.5 Å². The lowest BCUT2D eigenvalue weighted by molar-refractivity contribution is -0.136. The summed E-state index contributed by atoms with van der Waals surface area (Å²) in [5.74, 6) is -0.0153. The zero-order valence-corrected chi connectivity index (χ0v) is 22.8. The van der Waals surface area contributed by atoms with E-state index in [9.17, 15) is 32.3 Å². The molecule has 210 valence electrons. The highest BCUT2D eigenvalue weighted by molar-refractivity contribution is 8.13. The number of hydrogen-bond acceptors (Lipinski definition) is 7. The van der Waals surface area contributed by atoms with Crippen LogP contribution in [0.3, 0.4) is 0 Å². The molecule has 1 aromatic carbocycles. The number of ether oxygens (including phenoxy) is 1. The summed E-state index contributed by atoms with van der Waals surface area (Å²) in [5, 5.41) is 4.88. The molecular formula is C26H33F3N2O6S. The summed E-state index contributed by atoms with van der Waals surface area (Å²) in [5.41, 5.74) is -3.36. The first-order chi connectivity index (χ1) is 17.6. The quantitative estimate of drug-likeness (QED) is 0.267. The minimum Gasteiger partial charge on any atom is -0.444 e. The number of unbranched alkanes of at least 4 members (excludes halogenated alkanes) is 2. The average molecular weight is 559 g/mol. The molecule has 12 heteroatoms. The Morgan fingerprint density at radius 1 is 1.05 bits per heavy atom. The minimum atomic E-state index is -4.76. The molecule has 0 aliphatic carbocycles. The van der Waals surface area contributed by atoms with Crippen LogP contribution in [0.25, 0.3) is 11.0 Å². The highest BCUT2D eigenvalue weighted by atomic mass is 32.2. The smallest absolute Gasteiger partial charge is 0.417 e. The predicted molar refractivity (Wildman–Crippen MR) is 140 cm³/mol. The number of alkyl halides is 3. The van der Waals surface area contributed by atoms with Gasteiger partial charge in [-0.3, -0.25) is 9.59 Å². The molecular weight excluding hydrogens is 525 g/mol. The van der Waals surface area contributed by atoms with Gasteiger partial charge in [0.2, 0.25) is 5.91 Å². The Labute approximate surface area is 223 Å². The summed E-state index contributed by atoms with van der Waals surface area (Å²) >= 11 is 1.26. The van der Waals surface area contributed by atoms with Gasteiger partial charge in [0.15, 0.2) is 5.12 Å². The standard InChI is InChI=1S/C26H33F3N2O6S/c1-15(2)23(34)38-12-8-6-7-9-19(31-24(35)37-25(3,4)5)22(33)30-16-10-11-17-18(26(27,28)29)14-21(32)36-20(17)13-16/h10-11,13-15,19H,6-9,12H2,1-5H3,(H,30,33)(H,31,35)/t19-/m0/s1. The number of fused-ring (bicyclic) bond motifs is 1. The largest absolute Gasteiger partial charge is 0.444 e. The van der Waals surface area contributed by atoms with Crippen LogP contribution >= 0.6 is 11.8 Å². The third-order valence-corrected chi connectivity index (χ3v) is 6.43. The van der Waals surface area contributed by atoms with Crippen molar-refractivity contribution in [3.63, 3.8) is 0 Å². The van der Waals surface area contributed by atoms with Crippen molar-refractivity contribution in [3.05, 3.63) is 40.2 Å². The van der Waals surface area contributed by atoms with Gasteiger partial charge in [0, 0.05) is 34.9 Å². The van der Waals surface area contributed by atoms with Gasteiger partial charge in [-0.25, -0.2) is 9.59 Å². The topological polar surface area (TPSA) is 115 Å². The number of carbonyl (C=O) groups excluding carboxylic acids is 3. The fraction of sp³-hybridized carbons (Fsp3) is 0.538. The number of halogens is 3. The zero-order chi connectivity index (χ0) is 28.7. The molecule has 1 heterocycles. The molecule has 0 saturated carbocycles. The summed E-state index contributed by atoms with van der Waals surface area (Å²) in [6, 6.07) is 2.85. The Hall–Kier alpha value is -3.02. The third-order valence-electron chi connectivity index (χ3n) is 5.18. The molecule has 2 aromatic rings. The maximum atomic E-state index is 13.3. The lowest BCUT2D eigenvalue weighted by Gasteiger charge is -2.23. The van der Waals surface area contributed by atoms with Gasteiger partial charge < -0.3 is 19.8 Å². The Bertz CT molecular complexity index is 1200. The molecule has 0 spiro atoms. The first-order valence-electron chi connectivity index (χ1n) is 12.2. The number of nitrogens with one attached hydrogen (secondary N) is 2. The number of hydrogen-bond donors (Lipinski definition) is 2. The molecule has 8 nitrogen and oxygen atoms in total. The monoisotopic (exact) mass is 558 g/mol. The van der Waals surface area contributed by atoms with E-state index in [1.54, 1.807) is 20.8 Å². The average Bonchev–Trinajstić information content (AvgIpc) is 2.77. The first-order valence-corrected chi connectivity index (χ1v) is 13.2. The summed E-state index contributed by atoms with van der Waals surface area (Å²) < 4.78 is 50.1. The van der Waals surface area contributed by atoms with Crippen LogP contribution in [-0.4, -0.2) is 34.5 Å².